The van der Waals surface area contributed by atoms with E-state index in [1.165, 1.54) is 0 Å². The molecule has 0 saturated carbocycles. The van der Waals surface area contributed by atoms with Crippen molar-refractivity contribution >= 4 is 24.6 Å². The average Bonchev–Trinajstić information content (AvgIpc) is 2.85. The molecule has 0 N–H and O–H groups in total. The lowest BCUT2D eigenvalue weighted by Gasteiger charge is -2.19. The van der Waals surface area contributed by atoms with Crippen molar-refractivity contribution in [3.63, 3.8) is 0 Å². The van der Waals surface area contributed by atoms with E-state index in [1.54, 1.807) is 0 Å². The van der Waals surface area contributed by atoms with Gasteiger partial charge in [-0.1, -0.05) is 72.8 Å². The molecule has 0 unspecified atom stereocenters. The standard InChI is InChI=1S/C27H20NO2P/c1-3-10-23(11-4-1)29-31(30-24-12-5-2-6-13-24)25-18-15-22(16-19-25)27-20-17-21-9-7-8-14-26(21)28-27/h1-20H. The Labute approximate surface area is 182 Å². The Hall–Kier alpha value is -3.68. The van der Waals surface area contributed by atoms with E-state index in [1.807, 2.05) is 78.9 Å². The molecule has 0 radical (unpaired) electrons. The lowest BCUT2D eigenvalue weighted by Crippen LogP contribution is -2.10. The Balaban J connectivity index is 1.44. The van der Waals surface area contributed by atoms with Gasteiger partial charge in [-0.25, -0.2) is 4.98 Å². The van der Waals surface area contributed by atoms with Gasteiger partial charge in [-0.3, -0.25) is 0 Å². The molecule has 0 amide bonds. The molecule has 0 atom stereocenters. The molecule has 3 nitrogen and oxygen atoms in total. The summed E-state index contributed by atoms with van der Waals surface area (Å²) in [4.78, 5) is 4.80. The van der Waals surface area contributed by atoms with E-state index >= 15 is 0 Å². The van der Waals surface area contributed by atoms with Crippen molar-refractivity contribution < 1.29 is 9.05 Å². The molecule has 0 saturated heterocycles. The van der Waals surface area contributed by atoms with Crippen molar-refractivity contribution in [3.05, 3.63) is 121 Å². The Bertz CT molecular complexity index is 1230. The summed E-state index contributed by atoms with van der Waals surface area (Å²) >= 11 is 0. The SMILES string of the molecule is c1ccc(OP(Oc2ccccc2)c2ccc(-c3ccc4ccccc4n3)cc2)cc1. The largest absolute Gasteiger partial charge is 0.435 e. The summed E-state index contributed by atoms with van der Waals surface area (Å²) in [6, 6.07) is 40.1. The molecule has 1 aromatic heterocycles. The second kappa shape index (κ2) is 8.99. The fourth-order valence-electron chi connectivity index (χ4n) is 3.26. The fourth-order valence-corrected chi connectivity index (χ4v) is 4.53. The third kappa shape index (κ3) is 4.58. The number of benzene rings is 4. The van der Waals surface area contributed by atoms with Crippen LogP contribution in [0.25, 0.3) is 22.2 Å². The highest BCUT2D eigenvalue weighted by molar-refractivity contribution is 7.56. The number of hydrogen-bond donors (Lipinski definition) is 0. The maximum Gasteiger partial charge on any atom is 0.326 e. The van der Waals surface area contributed by atoms with Crippen LogP contribution in [0.4, 0.5) is 0 Å². The topological polar surface area (TPSA) is 31.4 Å². The first kappa shape index (κ1) is 19.3. The highest BCUT2D eigenvalue weighted by Gasteiger charge is 2.18. The monoisotopic (exact) mass is 421 g/mol. The number of hydrogen-bond acceptors (Lipinski definition) is 3. The Morgan fingerprint density at radius 2 is 1.10 bits per heavy atom. The number of aromatic nitrogens is 1. The van der Waals surface area contributed by atoms with Crippen LogP contribution in [0.15, 0.2) is 121 Å². The van der Waals surface area contributed by atoms with Gasteiger partial charge in [0, 0.05) is 10.9 Å². The highest BCUT2D eigenvalue weighted by Crippen LogP contribution is 2.39. The van der Waals surface area contributed by atoms with Gasteiger partial charge in [0.15, 0.2) is 0 Å². The van der Waals surface area contributed by atoms with Crippen molar-refractivity contribution in [1.82, 2.24) is 4.98 Å². The molecule has 0 aliphatic rings. The minimum atomic E-state index is -1.34. The molecule has 5 rings (SSSR count). The van der Waals surface area contributed by atoms with Crippen molar-refractivity contribution in [3.8, 4) is 22.8 Å². The highest BCUT2D eigenvalue weighted by atomic mass is 31.2. The van der Waals surface area contributed by atoms with Gasteiger partial charge in [-0.15, -0.1) is 0 Å². The summed E-state index contributed by atoms with van der Waals surface area (Å²) in [6.45, 7) is 0. The summed E-state index contributed by atoms with van der Waals surface area (Å²) in [5, 5.41) is 2.13. The van der Waals surface area contributed by atoms with Gasteiger partial charge in [0.2, 0.25) is 0 Å². The molecule has 0 aliphatic carbocycles. The predicted octanol–water partition coefficient (Wildman–Crippen LogP) is 7.00. The average molecular weight is 421 g/mol. The number of pyridine rings is 1. The van der Waals surface area contributed by atoms with Gasteiger partial charge >= 0.3 is 8.38 Å². The minimum Gasteiger partial charge on any atom is -0.435 e. The Kier molecular flexibility index (Phi) is 5.60. The van der Waals surface area contributed by atoms with Crippen LogP contribution in [-0.4, -0.2) is 4.98 Å². The molecule has 0 aliphatic heterocycles. The third-order valence-corrected chi connectivity index (χ3v) is 6.31. The van der Waals surface area contributed by atoms with E-state index in [0.29, 0.717) is 0 Å². The number of rotatable bonds is 6. The molecule has 0 fully saturated rings. The summed E-state index contributed by atoms with van der Waals surface area (Å²) < 4.78 is 12.5. The summed E-state index contributed by atoms with van der Waals surface area (Å²) in [5.41, 5.74) is 3.00. The van der Waals surface area contributed by atoms with E-state index in [0.717, 1.165) is 39.0 Å². The molecule has 1 heterocycles. The second-order valence-electron chi connectivity index (χ2n) is 7.00. The minimum absolute atomic E-state index is 0.782. The van der Waals surface area contributed by atoms with Crippen LogP contribution in [0.1, 0.15) is 0 Å². The molecular weight excluding hydrogens is 401 g/mol. The van der Waals surface area contributed by atoms with Gasteiger partial charge in [-0.2, -0.15) is 0 Å². The quantitative estimate of drug-likeness (QED) is 0.277. The van der Waals surface area contributed by atoms with Crippen molar-refractivity contribution in [1.29, 1.82) is 0 Å². The predicted molar refractivity (Wildman–Crippen MR) is 128 cm³/mol. The van der Waals surface area contributed by atoms with E-state index in [4.69, 9.17) is 14.0 Å². The summed E-state index contributed by atoms with van der Waals surface area (Å²) in [7, 11) is -1.34. The molecule has 0 bridgehead atoms. The zero-order valence-electron chi connectivity index (χ0n) is 16.8. The maximum absolute atomic E-state index is 6.23. The van der Waals surface area contributed by atoms with E-state index in [-0.39, 0.29) is 0 Å². The molecular formula is C27H20NO2P. The number of fused-ring (bicyclic) bond motifs is 1. The van der Waals surface area contributed by atoms with Crippen LogP contribution in [0, 0.1) is 0 Å². The lowest BCUT2D eigenvalue weighted by atomic mass is 10.1. The molecule has 5 aromatic rings. The Morgan fingerprint density at radius 1 is 0.516 bits per heavy atom. The fraction of sp³-hybridized carbons (Fsp3) is 0. The lowest BCUT2D eigenvalue weighted by molar-refractivity contribution is 0.502. The first-order chi connectivity index (χ1) is 15.3. The van der Waals surface area contributed by atoms with E-state index in [2.05, 4.69) is 42.5 Å². The molecule has 4 aromatic carbocycles. The first-order valence-corrected chi connectivity index (χ1v) is 11.3. The van der Waals surface area contributed by atoms with Crippen LogP contribution in [0.3, 0.4) is 0 Å². The van der Waals surface area contributed by atoms with Crippen LogP contribution < -0.4 is 14.4 Å². The van der Waals surface area contributed by atoms with E-state index < -0.39 is 8.38 Å². The molecule has 4 heteroatoms. The van der Waals surface area contributed by atoms with Crippen LogP contribution in [0.2, 0.25) is 0 Å². The zero-order chi connectivity index (χ0) is 20.9. The van der Waals surface area contributed by atoms with Crippen molar-refractivity contribution in [2.45, 2.75) is 0 Å². The summed E-state index contributed by atoms with van der Waals surface area (Å²) in [6.07, 6.45) is 0. The van der Waals surface area contributed by atoms with Crippen LogP contribution in [-0.2, 0) is 0 Å². The smallest absolute Gasteiger partial charge is 0.326 e. The molecule has 31 heavy (non-hydrogen) atoms. The number of nitrogens with zero attached hydrogens (tertiary/aromatic N) is 1. The second-order valence-corrected chi connectivity index (χ2v) is 8.40. The van der Waals surface area contributed by atoms with Gasteiger partial charge in [0.05, 0.1) is 16.5 Å². The van der Waals surface area contributed by atoms with Gasteiger partial charge in [-0.05, 0) is 48.5 Å². The van der Waals surface area contributed by atoms with Gasteiger partial charge in [0.1, 0.15) is 11.5 Å². The van der Waals surface area contributed by atoms with Crippen LogP contribution >= 0.6 is 8.38 Å². The Morgan fingerprint density at radius 3 is 1.74 bits per heavy atom. The zero-order valence-corrected chi connectivity index (χ0v) is 17.7. The van der Waals surface area contributed by atoms with Crippen molar-refractivity contribution in [2.24, 2.45) is 0 Å². The van der Waals surface area contributed by atoms with Gasteiger partial charge in [0.25, 0.3) is 0 Å². The number of para-hydroxylation sites is 3. The first-order valence-electron chi connectivity index (χ1n) is 10.1. The summed E-state index contributed by atoms with van der Waals surface area (Å²) in [5.74, 6) is 1.56. The molecule has 0 spiro atoms. The molecule has 150 valence electrons. The van der Waals surface area contributed by atoms with Crippen LogP contribution in [0.5, 0.6) is 11.5 Å². The van der Waals surface area contributed by atoms with Gasteiger partial charge < -0.3 is 9.05 Å². The maximum atomic E-state index is 6.23. The normalized spacial score (nSPS) is 10.9. The third-order valence-electron chi connectivity index (χ3n) is 4.84. The van der Waals surface area contributed by atoms with Crippen molar-refractivity contribution in [2.75, 3.05) is 0 Å². The van der Waals surface area contributed by atoms with E-state index in [9.17, 15) is 0 Å².